The van der Waals surface area contributed by atoms with Crippen LogP contribution in [0.25, 0.3) is 22.0 Å². The van der Waals surface area contributed by atoms with Gasteiger partial charge in [0, 0.05) is 34.8 Å². The van der Waals surface area contributed by atoms with Gasteiger partial charge in [-0.3, -0.25) is 19.0 Å². The number of halogens is 1. The molecule has 2 aromatic carbocycles. The minimum absolute atomic E-state index is 0.00181. The lowest BCUT2D eigenvalue weighted by atomic mass is 9.80. The predicted octanol–water partition coefficient (Wildman–Crippen LogP) is 4.13. The van der Waals surface area contributed by atoms with Gasteiger partial charge in [0.25, 0.3) is 5.91 Å². The average Bonchev–Trinajstić information content (AvgIpc) is 3.21. The lowest BCUT2D eigenvalue weighted by molar-refractivity contribution is -0.154. The van der Waals surface area contributed by atoms with Crippen LogP contribution in [0.15, 0.2) is 36.4 Å². The summed E-state index contributed by atoms with van der Waals surface area (Å²) in [4.78, 5) is 37.7. The molecule has 2 heterocycles. The third-order valence-corrected chi connectivity index (χ3v) is 8.24. The largest absolute Gasteiger partial charge is 0.461 e. The van der Waals surface area contributed by atoms with Crippen molar-refractivity contribution >= 4 is 34.4 Å². The highest BCUT2D eigenvalue weighted by Gasteiger charge is 2.35. The maximum absolute atomic E-state index is 14.3. The molecule has 5 rings (SSSR count). The number of benzene rings is 2. The highest BCUT2D eigenvalue weighted by atomic mass is 19.1. The molecule has 1 aliphatic heterocycles. The number of primary amides is 1. The van der Waals surface area contributed by atoms with Crippen LogP contribution in [0.3, 0.4) is 0 Å². The molecule has 0 unspecified atom stereocenters. The summed E-state index contributed by atoms with van der Waals surface area (Å²) in [5.74, 6) is -1.68. The van der Waals surface area contributed by atoms with E-state index in [4.69, 9.17) is 16.2 Å². The molecule has 0 saturated heterocycles. The van der Waals surface area contributed by atoms with Crippen molar-refractivity contribution < 1.29 is 28.6 Å². The van der Waals surface area contributed by atoms with Crippen LogP contribution in [-0.4, -0.2) is 51.7 Å². The van der Waals surface area contributed by atoms with Gasteiger partial charge in [-0.15, -0.1) is 0 Å². The first-order valence-corrected chi connectivity index (χ1v) is 14.1. The number of anilines is 1. The summed E-state index contributed by atoms with van der Waals surface area (Å²) in [6.45, 7) is 5.54. The summed E-state index contributed by atoms with van der Waals surface area (Å²) in [6, 6.07) is 8.78. The molecule has 0 bridgehead atoms. The molecule has 2 aliphatic rings. The minimum atomic E-state index is -1.08. The van der Waals surface area contributed by atoms with E-state index in [2.05, 4.69) is 5.32 Å². The Balaban J connectivity index is 1.45. The van der Waals surface area contributed by atoms with Gasteiger partial charge in [-0.2, -0.15) is 0 Å². The van der Waals surface area contributed by atoms with Gasteiger partial charge < -0.3 is 26.6 Å². The molecule has 218 valence electrons. The number of esters is 1. The number of aliphatic hydroxyl groups excluding tert-OH is 1. The molecule has 10 heteroatoms. The maximum Gasteiger partial charge on any atom is 0.325 e. The Bertz CT molecular complexity index is 1520. The summed E-state index contributed by atoms with van der Waals surface area (Å²) in [5, 5.41) is 13.8. The highest BCUT2D eigenvalue weighted by Crippen LogP contribution is 2.43. The smallest absolute Gasteiger partial charge is 0.325 e. The Labute approximate surface area is 238 Å². The van der Waals surface area contributed by atoms with Gasteiger partial charge in [0.05, 0.1) is 17.2 Å². The molecular weight excluding hydrogens is 527 g/mol. The van der Waals surface area contributed by atoms with Gasteiger partial charge in [-0.1, -0.05) is 19.9 Å². The summed E-state index contributed by atoms with van der Waals surface area (Å²) in [5.41, 5.74) is 15.1. The number of hydrogen-bond acceptors (Lipinski definition) is 7. The molecule has 1 saturated carbocycles. The lowest BCUT2D eigenvalue weighted by Gasteiger charge is -2.31. The number of rotatable bonds is 7. The minimum Gasteiger partial charge on any atom is -0.461 e. The first-order chi connectivity index (χ1) is 19.3. The lowest BCUT2D eigenvalue weighted by Crippen LogP contribution is -2.43. The molecule has 41 heavy (non-hydrogen) atoms. The van der Waals surface area contributed by atoms with Gasteiger partial charge in [0.1, 0.15) is 18.0 Å². The van der Waals surface area contributed by atoms with E-state index < -0.39 is 29.8 Å². The fraction of sp³-hybridized carbons (Fsp3) is 0.452. The zero-order valence-electron chi connectivity index (χ0n) is 23.6. The monoisotopic (exact) mass is 564 g/mol. The van der Waals surface area contributed by atoms with Crippen molar-refractivity contribution in [3.8, 4) is 11.1 Å². The molecular formula is C31H37FN4O5. The molecule has 0 radical (unpaired) electrons. The Morgan fingerprint density at radius 3 is 2.49 bits per heavy atom. The third-order valence-electron chi connectivity index (χ3n) is 8.24. The van der Waals surface area contributed by atoms with E-state index in [0.717, 1.165) is 22.2 Å². The van der Waals surface area contributed by atoms with Crippen molar-refractivity contribution in [2.45, 2.75) is 83.6 Å². The fourth-order valence-electron chi connectivity index (χ4n) is 6.11. The van der Waals surface area contributed by atoms with Crippen LogP contribution in [0.4, 0.5) is 10.1 Å². The van der Waals surface area contributed by atoms with Gasteiger partial charge in [-0.05, 0) is 80.3 Å². The number of ether oxygens (including phenoxy) is 1. The number of aliphatic hydroxyl groups is 1. The van der Waals surface area contributed by atoms with Gasteiger partial charge in [-0.25, -0.2) is 4.39 Å². The van der Waals surface area contributed by atoms with Crippen LogP contribution >= 0.6 is 0 Å². The zero-order chi connectivity index (χ0) is 29.6. The molecule has 1 aromatic heterocycles. The number of hydrogen-bond donors (Lipinski definition) is 4. The van der Waals surface area contributed by atoms with E-state index in [9.17, 15) is 23.9 Å². The number of nitrogens with two attached hydrogens (primary N) is 2. The number of aromatic nitrogens is 1. The SMILES string of the molecule is C[C@H](O)[C@H](N)C(=O)OC1CCC(Nc2cc(-c3c4n(c5cc(F)ccc35)C(=O)CC(C)(C)C4)ccc2C(N)=O)CC1. The van der Waals surface area contributed by atoms with E-state index in [0.29, 0.717) is 55.3 Å². The first kappa shape index (κ1) is 28.8. The molecule has 2 atom stereocenters. The second kappa shape index (κ2) is 10.9. The number of nitrogens with zero attached hydrogens (tertiary/aromatic N) is 1. The quantitative estimate of drug-likeness (QED) is 0.315. The van der Waals surface area contributed by atoms with Crippen molar-refractivity contribution in [2.75, 3.05) is 5.32 Å². The van der Waals surface area contributed by atoms with Crippen molar-refractivity contribution in [3.05, 3.63) is 53.5 Å². The van der Waals surface area contributed by atoms with Crippen molar-refractivity contribution in [3.63, 3.8) is 0 Å². The van der Waals surface area contributed by atoms with Crippen LogP contribution < -0.4 is 16.8 Å². The van der Waals surface area contributed by atoms with Crippen LogP contribution in [0, 0.1) is 11.2 Å². The molecule has 0 spiro atoms. The van der Waals surface area contributed by atoms with Crippen LogP contribution in [0.2, 0.25) is 0 Å². The maximum atomic E-state index is 14.3. The Hall–Kier alpha value is -3.76. The first-order valence-electron chi connectivity index (χ1n) is 14.1. The van der Waals surface area contributed by atoms with Gasteiger partial charge in [0.15, 0.2) is 0 Å². The second-order valence-electron chi connectivity index (χ2n) is 12.2. The number of carbonyl (C=O) groups excluding carboxylic acids is 3. The van der Waals surface area contributed by atoms with E-state index in [1.54, 1.807) is 16.7 Å². The Morgan fingerprint density at radius 2 is 1.83 bits per heavy atom. The van der Waals surface area contributed by atoms with E-state index >= 15 is 0 Å². The highest BCUT2D eigenvalue weighted by molar-refractivity contribution is 6.06. The third kappa shape index (κ3) is 5.71. The van der Waals surface area contributed by atoms with Crippen LogP contribution in [-0.2, 0) is 16.0 Å². The Morgan fingerprint density at radius 1 is 1.12 bits per heavy atom. The number of nitrogens with one attached hydrogen (secondary N) is 1. The average molecular weight is 565 g/mol. The second-order valence-corrected chi connectivity index (χ2v) is 12.2. The summed E-state index contributed by atoms with van der Waals surface area (Å²) in [7, 11) is 0. The summed E-state index contributed by atoms with van der Waals surface area (Å²) < 4.78 is 21.4. The molecule has 1 fully saturated rings. The van der Waals surface area contributed by atoms with Crippen molar-refractivity contribution in [1.29, 1.82) is 0 Å². The molecule has 1 aliphatic carbocycles. The topological polar surface area (TPSA) is 150 Å². The molecule has 3 aromatic rings. The van der Waals surface area contributed by atoms with E-state index in [1.165, 1.54) is 19.1 Å². The van der Waals surface area contributed by atoms with E-state index in [1.807, 2.05) is 26.0 Å². The molecule has 6 N–H and O–H groups in total. The normalized spacial score (nSPS) is 21.7. The number of amides is 1. The van der Waals surface area contributed by atoms with Crippen LogP contribution in [0.1, 0.15) is 73.7 Å². The Kier molecular flexibility index (Phi) is 7.65. The summed E-state index contributed by atoms with van der Waals surface area (Å²) >= 11 is 0. The molecule has 1 amide bonds. The van der Waals surface area contributed by atoms with Gasteiger partial charge >= 0.3 is 5.97 Å². The van der Waals surface area contributed by atoms with Crippen molar-refractivity contribution in [1.82, 2.24) is 4.57 Å². The summed E-state index contributed by atoms with van der Waals surface area (Å²) in [6.07, 6.45) is 2.25. The van der Waals surface area contributed by atoms with Crippen molar-refractivity contribution in [2.24, 2.45) is 16.9 Å². The molecule has 9 nitrogen and oxygen atoms in total. The van der Waals surface area contributed by atoms with Crippen LogP contribution in [0.5, 0.6) is 0 Å². The number of fused-ring (bicyclic) bond motifs is 3. The predicted molar refractivity (Wildman–Crippen MR) is 154 cm³/mol. The zero-order valence-corrected chi connectivity index (χ0v) is 23.6. The standard InChI is InChI=1S/C31H37FN4O5/c1-16(37)28(33)30(40)41-20-8-6-19(7-9-20)35-23-12-17(4-10-21(23)29(34)39)27-22-11-5-18(32)13-24(22)36-25(27)14-31(2,3)15-26(36)38/h4-5,10-13,16,19-20,28,35,37H,6-9,14-15,33H2,1-3H3,(H2,34,39)/t16-,19?,20?,28-/m0/s1. The number of carbonyl (C=O) groups is 3. The fourth-order valence-corrected chi connectivity index (χ4v) is 6.11. The van der Waals surface area contributed by atoms with E-state index in [-0.39, 0.29) is 23.5 Å². The van der Waals surface area contributed by atoms with Gasteiger partial charge in [0.2, 0.25) is 5.91 Å².